The number of carboxylic acid groups (broad SMARTS) is 1. The van der Waals surface area contributed by atoms with E-state index in [1.54, 1.807) is 0 Å². The van der Waals surface area contributed by atoms with E-state index < -0.39 is 12.1 Å². The molecule has 1 amide bonds. The predicted molar refractivity (Wildman–Crippen MR) is 81.9 cm³/mol. The molecule has 0 aliphatic rings. The summed E-state index contributed by atoms with van der Waals surface area (Å²) in [5.41, 5.74) is 2.81. The van der Waals surface area contributed by atoms with E-state index in [1.807, 2.05) is 44.3 Å². The number of oxazole rings is 1. The first-order valence-corrected chi connectivity index (χ1v) is 7.03. The molecule has 6 heteroatoms. The molecule has 0 unspecified atom stereocenters. The highest BCUT2D eigenvalue weighted by atomic mass is 16.4. The van der Waals surface area contributed by atoms with E-state index in [2.05, 4.69) is 15.3 Å². The second-order valence-electron chi connectivity index (χ2n) is 5.26. The summed E-state index contributed by atoms with van der Waals surface area (Å²) in [7, 11) is 0. The molecule has 0 aliphatic carbocycles. The van der Waals surface area contributed by atoms with Gasteiger partial charge in [-0.1, -0.05) is 18.2 Å². The number of amides is 1. The van der Waals surface area contributed by atoms with Crippen LogP contribution in [0.15, 0.2) is 34.9 Å². The van der Waals surface area contributed by atoms with Crippen molar-refractivity contribution in [3.05, 3.63) is 53.4 Å². The minimum Gasteiger partial charge on any atom is -0.465 e. The Morgan fingerprint density at radius 2 is 2.18 bits per heavy atom. The van der Waals surface area contributed by atoms with Crippen LogP contribution >= 0.6 is 0 Å². The van der Waals surface area contributed by atoms with E-state index in [1.165, 1.54) is 0 Å². The highest BCUT2D eigenvalue weighted by molar-refractivity contribution is 5.83. The van der Waals surface area contributed by atoms with Gasteiger partial charge in [0.2, 0.25) is 5.89 Å². The first-order chi connectivity index (χ1) is 10.5. The number of para-hydroxylation sites is 1. The van der Waals surface area contributed by atoms with E-state index in [9.17, 15) is 4.79 Å². The summed E-state index contributed by atoms with van der Waals surface area (Å²) in [6.45, 7) is 3.65. The van der Waals surface area contributed by atoms with Gasteiger partial charge in [-0.2, -0.15) is 0 Å². The highest BCUT2D eigenvalue weighted by Crippen LogP contribution is 2.25. The van der Waals surface area contributed by atoms with Crippen molar-refractivity contribution in [2.24, 2.45) is 0 Å². The predicted octanol–water partition coefficient (Wildman–Crippen LogP) is 3.32. The summed E-state index contributed by atoms with van der Waals surface area (Å²) in [4.78, 5) is 18.6. The van der Waals surface area contributed by atoms with Gasteiger partial charge >= 0.3 is 6.09 Å². The lowest BCUT2D eigenvalue weighted by Gasteiger charge is -2.13. The normalized spacial score (nSPS) is 12.5. The third-order valence-corrected chi connectivity index (χ3v) is 3.74. The third-order valence-electron chi connectivity index (χ3n) is 3.74. The van der Waals surface area contributed by atoms with Gasteiger partial charge in [0.1, 0.15) is 11.8 Å². The largest absolute Gasteiger partial charge is 0.465 e. The number of H-pyrrole nitrogens is 1. The van der Waals surface area contributed by atoms with Gasteiger partial charge in [-0.05, 0) is 25.5 Å². The Morgan fingerprint density at radius 3 is 2.86 bits per heavy atom. The molecule has 2 aromatic heterocycles. The number of hydrogen-bond donors (Lipinski definition) is 3. The summed E-state index contributed by atoms with van der Waals surface area (Å²) < 4.78 is 5.59. The maximum absolute atomic E-state index is 11.1. The van der Waals surface area contributed by atoms with Crippen molar-refractivity contribution in [2.45, 2.75) is 26.3 Å². The summed E-state index contributed by atoms with van der Waals surface area (Å²) in [6, 6.07) is 7.38. The Morgan fingerprint density at radius 1 is 1.41 bits per heavy atom. The molecule has 22 heavy (non-hydrogen) atoms. The summed E-state index contributed by atoms with van der Waals surface area (Å²) in [5.74, 6) is 1.09. The quantitative estimate of drug-likeness (QED) is 0.689. The zero-order valence-corrected chi connectivity index (χ0v) is 12.4. The number of benzene rings is 1. The Balaban J connectivity index is 1.94. The van der Waals surface area contributed by atoms with Crippen molar-refractivity contribution in [1.82, 2.24) is 15.3 Å². The molecule has 0 spiro atoms. The molecule has 1 atom stereocenters. The van der Waals surface area contributed by atoms with Crippen LogP contribution in [0.3, 0.4) is 0 Å². The minimum atomic E-state index is -1.10. The smallest absolute Gasteiger partial charge is 0.405 e. The Kier molecular flexibility index (Phi) is 3.58. The summed E-state index contributed by atoms with van der Waals surface area (Å²) in [6.07, 6.45) is 1.26. The van der Waals surface area contributed by atoms with Gasteiger partial charge in [-0.25, -0.2) is 9.78 Å². The first kappa shape index (κ1) is 14.2. The molecule has 0 saturated heterocycles. The molecule has 0 aliphatic heterocycles. The highest BCUT2D eigenvalue weighted by Gasteiger charge is 2.22. The zero-order chi connectivity index (χ0) is 15.7. The number of aromatic nitrogens is 2. The number of fused-ring (bicyclic) bond motifs is 1. The van der Waals surface area contributed by atoms with Gasteiger partial charge in [0.05, 0.1) is 5.69 Å². The Hall–Kier alpha value is -2.76. The van der Waals surface area contributed by atoms with Gasteiger partial charge in [-0.15, -0.1) is 0 Å². The number of carbonyl (C=O) groups is 1. The molecule has 0 bridgehead atoms. The minimum absolute atomic E-state index is 0.391. The molecule has 0 fully saturated rings. The molecule has 1 aromatic carbocycles. The van der Waals surface area contributed by atoms with Crippen LogP contribution in [-0.2, 0) is 6.42 Å². The van der Waals surface area contributed by atoms with E-state index in [4.69, 9.17) is 9.52 Å². The SMILES string of the molecule is Cc1nc([C@@H](Cc2c[nH]c3ccccc23)NC(=O)O)oc1C. The van der Waals surface area contributed by atoms with Crippen molar-refractivity contribution in [3.63, 3.8) is 0 Å². The summed E-state index contributed by atoms with van der Waals surface area (Å²) >= 11 is 0. The van der Waals surface area contributed by atoms with Crippen molar-refractivity contribution in [2.75, 3.05) is 0 Å². The topological polar surface area (TPSA) is 91.2 Å². The number of nitrogens with one attached hydrogen (secondary N) is 2. The first-order valence-electron chi connectivity index (χ1n) is 7.03. The molecule has 0 radical (unpaired) electrons. The van der Waals surface area contributed by atoms with Gasteiger partial charge in [0, 0.05) is 23.5 Å². The molecule has 3 N–H and O–H groups in total. The number of hydrogen-bond acceptors (Lipinski definition) is 3. The van der Waals surface area contributed by atoms with E-state index in [-0.39, 0.29) is 0 Å². The van der Waals surface area contributed by atoms with Crippen LogP contribution < -0.4 is 5.32 Å². The van der Waals surface area contributed by atoms with Crippen molar-refractivity contribution in [3.8, 4) is 0 Å². The van der Waals surface area contributed by atoms with Crippen LogP contribution in [-0.4, -0.2) is 21.2 Å². The molecular formula is C16H17N3O3. The van der Waals surface area contributed by atoms with Gasteiger partial charge < -0.3 is 19.8 Å². The number of nitrogens with zero attached hydrogens (tertiary/aromatic N) is 1. The van der Waals surface area contributed by atoms with Gasteiger partial charge in [0.25, 0.3) is 0 Å². The van der Waals surface area contributed by atoms with Crippen molar-refractivity contribution < 1.29 is 14.3 Å². The fourth-order valence-electron chi connectivity index (χ4n) is 2.52. The van der Waals surface area contributed by atoms with Gasteiger partial charge in [0.15, 0.2) is 0 Å². The molecule has 3 aromatic rings. The fraction of sp³-hybridized carbons (Fsp3) is 0.250. The van der Waals surface area contributed by atoms with E-state index in [0.29, 0.717) is 18.1 Å². The monoisotopic (exact) mass is 299 g/mol. The lowest BCUT2D eigenvalue weighted by Crippen LogP contribution is -2.28. The Bertz CT molecular complexity index is 800. The molecular weight excluding hydrogens is 282 g/mol. The lowest BCUT2D eigenvalue weighted by atomic mass is 10.1. The maximum atomic E-state index is 11.1. The fourth-order valence-corrected chi connectivity index (χ4v) is 2.52. The van der Waals surface area contributed by atoms with Crippen molar-refractivity contribution >= 4 is 17.0 Å². The lowest BCUT2D eigenvalue weighted by molar-refractivity contribution is 0.187. The number of aryl methyl sites for hydroxylation is 2. The van der Waals surface area contributed by atoms with Crippen LogP contribution in [0.25, 0.3) is 10.9 Å². The molecule has 6 nitrogen and oxygen atoms in total. The van der Waals surface area contributed by atoms with Crippen LogP contribution in [0.4, 0.5) is 4.79 Å². The van der Waals surface area contributed by atoms with E-state index >= 15 is 0 Å². The van der Waals surface area contributed by atoms with Crippen molar-refractivity contribution in [1.29, 1.82) is 0 Å². The second-order valence-corrected chi connectivity index (χ2v) is 5.26. The standard InChI is InChI=1S/C16H17N3O3/c1-9-10(2)22-15(18-9)14(19-16(20)21)7-11-8-17-13-6-4-3-5-12(11)13/h3-6,8,14,17,19H,7H2,1-2H3,(H,20,21)/t14-/m1/s1. The summed E-state index contributed by atoms with van der Waals surface area (Å²) in [5, 5.41) is 12.6. The van der Waals surface area contributed by atoms with Gasteiger partial charge in [-0.3, -0.25) is 0 Å². The van der Waals surface area contributed by atoms with E-state index in [0.717, 1.165) is 22.2 Å². The number of rotatable bonds is 4. The maximum Gasteiger partial charge on any atom is 0.405 e. The zero-order valence-electron chi connectivity index (χ0n) is 12.4. The molecule has 2 heterocycles. The molecule has 0 saturated carbocycles. The Labute approximate surface area is 127 Å². The van der Waals surface area contributed by atoms with Crippen LogP contribution in [0.1, 0.15) is 29.0 Å². The average molecular weight is 299 g/mol. The third kappa shape index (κ3) is 2.67. The molecule has 3 rings (SSSR count). The second kappa shape index (κ2) is 5.55. The molecule has 114 valence electrons. The number of aromatic amines is 1. The average Bonchev–Trinajstić information content (AvgIpc) is 3.03. The van der Waals surface area contributed by atoms with Crippen LogP contribution in [0.2, 0.25) is 0 Å². The van der Waals surface area contributed by atoms with Crippen LogP contribution in [0, 0.1) is 13.8 Å². The van der Waals surface area contributed by atoms with Crippen LogP contribution in [0.5, 0.6) is 0 Å².